The zero-order valence-electron chi connectivity index (χ0n) is 11.1. The highest BCUT2D eigenvalue weighted by Crippen LogP contribution is 2.27. The van der Waals surface area contributed by atoms with Crippen LogP contribution in [0.5, 0.6) is 11.6 Å². The second-order valence-corrected chi connectivity index (χ2v) is 4.98. The van der Waals surface area contributed by atoms with Crippen molar-refractivity contribution in [3.05, 3.63) is 35.2 Å². The maximum atomic E-state index is 12.2. The van der Waals surface area contributed by atoms with Crippen LogP contribution in [0.1, 0.15) is 4.88 Å². The van der Waals surface area contributed by atoms with Gasteiger partial charge in [-0.05, 0) is 23.7 Å². The Morgan fingerprint density at radius 2 is 2.05 bits per heavy atom. The van der Waals surface area contributed by atoms with Crippen LogP contribution in [0.4, 0.5) is 18.9 Å². The van der Waals surface area contributed by atoms with Crippen molar-refractivity contribution in [3.8, 4) is 11.6 Å². The van der Waals surface area contributed by atoms with Crippen molar-refractivity contribution in [2.45, 2.75) is 12.7 Å². The number of ether oxygens (including phenoxy) is 2. The lowest BCUT2D eigenvalue weighted by Gasteiger charge is -2.13. The molecule has 0 atom stereocenters. The third-order valence-corrected chi connectivity index (χ3v) is 3.25. The highest BCUT2D eigenvalue weighted by atomic mass is 32.1. The van der Waals surface area contributed by atoms with Gasteiger partial charge in [-0.3, -0.25) is 0 Å². The predicted molar refractivity (Wildman–Crippen MR) is 74.0 cm³/mol. The molecule has 0 fully saturated rings. The average Bonchev–Trinajstić information content (AvgIpc) is 2.91. The number of methoxy groups -OCH3 is 1. The van der Waals surface area contributed by atoms with E-state index in [0.29, 0.717) is 18.1 Å². The summed E-state index contributed by atoms with van der Waals surface area (Å²) in [7, 11) is 1.52. The maximum Gasteiger partial charge on any atom is 0.422 e. The molecule has 0 spiro atoms. The molecule has 1 aromatic heterocycles. The molecule has 1 heterocycles. The summed E-state index contributed by atoms with van der Waals surface area (Å²) >= 11 is 1.26. The summed E-state index contributed by atoms with van der Waals surface area (Å²) in [6.45, 7) is -0.895. The second-order valence-electron chi connectivity index (χ2n) is 4.09. The van der Waals surface area contributed by atoms with Crippen LogP contribution in [0.15, 0.2) is 30.3 Å². The van der Waals surface area contributed by atoms with Crippen molar-refractivity contribution in [1.29, 1.82) is 0 Å². The molecule has 0 saturated carbocycles. The summed E-state index contributed by atoms with van der Waals surface area (Å²) in [6.07, 6.45) is -4.36. The SMILES string of the molecule is COc1cc(CNc2ccccc2OCC(F)(F)F)sn1. The fraction of sp³-hybridized carbons (Fsp3) is 0.308. The largest absolute Gasteiger partial charge is 0.482 e. The van der Waals surface area contributed by atoms with E-state index in [-0.39, 0.29) is 5.75 Å². The minimum atomic E-state index is -4.36. The van der Waals surface area contributed by atoms with Crippen LogP contribution in [0.3, 0.4) is 0 Å². The van der Waals surface area contributed by atoms with Gasteiger partial charge >= 0.3 is 6.18 Å². The van der Waals surface area contributed by atoms with E-state index in [1.54, 1.807) is 24.3 Å². The zero-order chi connectivity index (χ0) is 15.3. The van der Waals surface area contributed by atoms with Gasteiger partial charge in [0, 0.05) is 10.9 Å². The van der Waals surface area contributed by atoms with Crippen LogP contribution in [0.25, 0.3) is 0 Å². The van der Waals surface area contributed by atoms with Crippen LogP contribution in [-0.4, -0.2) is 24.3 Å². The number of nitrogens with zero attached hydrogens (tertiary/aromatic N) is 1. The van der Waals surface area contributed by atoms with E-state index in [4.69, 9.17) is 9.47 Å². The van der Waals surface area contributed by atoms with Gasteiger partial charge in [-0.2, -0.15) is 17.5 Å². The molecule has 0 aliphatic heterocycles. The van der Waals surface area contributed by atoms with E-state index in [1.807, 2.05) is 0 Å². The Balaban J connectivity index is 1.99. The summed E-state index contributed by atoms with van der Waals surface area (Å²) in [5.74, 6) is 0.671. The molecule has 114 valence electrons. The monoisotopic (exact) mass is 318 g/mol. The lowest BCUT2D eigenvalue weighted by atomic mass is 10.3. The number of halogens is 3. The van der Waals surface area contributed by atoms with Crippen molar-refractivity contribution in [2.75, 3.05) is 19.0 Å². The molecule has 4 nitrogen and oxygen atoms in total. The van der Waals surface area contributed by atoms with Gasteiger partial charge in [-0.15, -0.1) is 0 Å². The smallest absolute Gasteiger partial charge is 0.422 e. The Morgan fingerprint density at radius 1 is 1.29 bits per heavy atom. The molecule has 21 heavy (non-hydrogen) atoms. The highest BCUT2D eigenvalue weighted by molar-refractivity contribution is 7.05. The first-order chi connectivity index (χ1) is 9.98. The molecule has 2 aromatic rings. The zero-order valence-corrected chi connectivity index (χ0v) is 11.9. The molecule has 0 radical (unpaired) electrons. The number of aromatic nitrogens is 1. The van der Waals surface area contributed by atoms with Crippen LogP contribution in [0.2, 0.25) is 0 Å². The number of benzene rings is 1. The normalized spacial score (nSPS) is 11.2. The van der Waals surface area contributed by atoms with E-state index in [1.165, 1.54) is 24.7 Å². The quantitative estimate of drug-likeness (QED) is 0.882. The number of anilines is 1. The minimum Gasteiger partial charge on any atom is -0.482 e. The van der Waals surface area contributed by atoms with Gasteiger partial charge in [-0.25, -0.2) is 0 Å². The van der Waals surface area contributed by atoms with E-state index < -0.39 is 12.8 Å². The van der Waals surface area contributed by atoms with Crippen molar-refractivity contribution in [3.63, 3.8) is 0 Å². The lowest BCUT2D eigenvalue weighted by molar-refractivity contribution is -0.153. The van der Waals surface area contributed by atoms with Crippen LogP contribution in [0, 0.1) is 0 Å². The van der Waals surface area contributed by atoms with Gasteiger partial charge in [0.1, 0.15) is 5.75 Å². The lowest BCUT2D eigenvalue weighted by Crippen LogP contribution is -2.19. The van der Waals surface area contributed by atoms with Crippen molar-refractivity contribution < 1.29 is 22.6 Å². The second kappa shape index (κ2) is 6.66. The number of para-hydroxylation sites is 2. The molecule has 0 aliphatic rings. The average molecular weight is 318 g/mol. The summed E-state index contributed by atoms with van der Waals surface area (Å²) in [5.41, 5.74) is 0.495. The van der Waals surface area contributed by atoms with Gasteiger partial charge in [0.2, 0.25) is 5.88 Å². The molecule has 8 heteroatoms. The third-order valence-electron chi connectivity index (χ3n) is 2.48. The van der Waals surface area contributed by atoms with E-state index >= 15 is 0 Å². The van der Waals surface area contributed by atoms with Crippen LogP contribution in [-0.2, 0) is 6.54 Å². The molecule has 0 saturated heterocycles. The number of alkyl halides is 3. The third kappa shape index (κ3) is 4.82. The Hall–Kier alpha value is -1.96. The van der Waals surface area contributed by atoms with Gasteiger partial charge in [-0.1, -0.05) is 12.1 Å². The van der Waals surface area contributed by atoms with Crippen molar-refractivity contribution in [2.24, 2.45) is 0 Å². The first-order valence-corrected chi connectivity index (χ1v) is 6.77. The predicted octanol–water partition coefficient (Wildman–Crippen LogP) is 3.70. The summed E-state index contributed by atoms with van der Waals surface area (Å²) in [4.78, 5) is 0.900. The van der Waals surface area contributed by atoms with Crippen LogP contribution >= 0.6 is 11.5 Å². The fourth-order valence-electron chi connectivity index (χ4n) is 1.55. The van der Waals surface area contributed by atoms with Crippen molar-refractivity contribution >= 4 is 17.2 Å². The van der Waals surface area contributed by atoms with Crippen LogP contribution < -0.4 is 14.8 Å². The summed E-state index contributed by atoms with van der Waals surface area (Å²) < 4.78 is 50.4. The van der Waals surface area contributed by atoms with Gasteiger partial charge < -0.3 is 14.8 Å². The fourth-order valence-corrected chi connectivity index (χ4v) is 2.18. The number of nitrogens with one attached hydrogen (secondary N) is 1. The van der Waals surface area contributed by atoms with E-state index in [2.05, 4.69) is 9.69 Å². The topological polar surface area (TPSA) is 43.4 Å². The Labute approximate surface area is 123 Å². The first-order valence-electron chi connectivity index (χ1n) is 6.00. The molecular formula is C13H13F3N2O2S. The maximum absolute atomic E-state index is 12.2. The Bertz CT molecular complexity index is 587. The molecular weight excluding hydrogens is 305 g/mol. The van der Waals surface area contributed by atoms with Gasteiger partial charge in [0.25, 0.3) is 0 Å². The first kappa shape index (κ1) is 15.4. The molecule has 0 aliphatic carbocycles. The minimum absolute atomic E-state index is 0.159. The highest BCUT2D eigenvalue weighted by Gasteiger charge is 2.28. The van der Waals surface area contributed by atoms with Crippen molar-refractivity contribution in [1.82, 2.24) is 4.37 Å². The Morgan fingerprint density at radius 3 is 2.71 bits per heavy atom. The number of hydrogen-bond donors (Lipinski definition) is 1. The van der Waals surface area contributed by atoms with Gasteiger partial charge in [0.05, 0.1) is 19.3 Å². The summed E-state index contributed by atoms with van der Waals surface area (Å²) in [6, 6.07) is 8.24. The molecule has 1 N–H and O–H groups in total. The molecule has 0 bridgehead atoms. The van der Waals surface area contributed by atoms with E-state index in [9.17, 15) is 13.2 Å². The number of hydrogen-bond acceptors (Lipinski definition) is 5. The standard InChI is InChI=1S/C13H13F3N2O2S/c1-19-12-6-9(21-18-12)7-17-10-4-2-3-5-11(10)20-8-13(14,15)16/h2-6,17H,7-8H2,1H3. The molecule has 1 aromatic carbocycles. The molecule has 0 amide bonds. The molecule has 0 unspecified atom stereocenters. The van der Waals surface area contributed by atoms with E-state index in [0.717, 1.165) is 4.88 Å². The Kier molecular flexibility index (Phi) is 4.89. The summed E-state index contributed by atoms with van der Waals surface area (Å²) in [5, 5.41) is 3.03. The molecule has 2 rings (SSSR count). The van der Waals surface area contributed by atoms with Gasteiger partial charge in [0.15, 0.2) is 6.61 Å². The number of rotatable bonds is 6.